The maximum Gasteiger partial charge on any atom is 0.136 e. The maximum absolute atomic E-state index is 13.1. The number of hydrogen-bond donors (Lipinski definition) is 1. The first-order chi connectivity index (χ1) is 9.19. The van der Waals surface area contributed by atoms with Crippen molar-refractivity contribution in [2.45, 2.75) is 32.0 Å². The molecule has 2 rings (SSSR count). The molecule has 3 nitrogen and oxygen atoms in total. The Hall–Kier alpha value is -0.650. The van der Waals surface area contributed by atoms with Crippen LogP contribution >= 0.6 is 15.9 Å². The third-order valence-corrected chi connectivity index (χ3v) is 3.79. The van der Waals surface area contributed by atoms with Gasteiger partial charge >= 0.3 is 0 Å². The SMILES string of the molecule is CCNCC1CCC(COc2cc(F)ccc2Br)O1. The summed E-state index contributed by atoms with van der Waals surface area (Å²) in [6.45, 7) is 4.38. The topological polar surface area (TPSA) is 30.5 Å². The fourth-order valence-corrected chi connectivity index (χ4v) is 2.49. The standard InChI is InChI=1S/C14H19BrFNO2/c1-2-17-8-11-4-5-12(19-11)9-18-14-7-10(16)3-6-13(14)15/h3,6-7,11-12,17H,2,4-5,8-9H2,1H3. The smallest absolute Gasteiger partial charge is 0.136 e. The van der Waals surface area contributed by atoms with Crippen molar-refractivity contribution < 1.29 is 13.9 Å². The van der Waals surface area contributed by atoms with E-state index >= 15 is 0 Å². The molecule has 1 aromatic rings. The molecule has 0 amide bonds. The zero-order valence-corrected chi connectivity index (χ0v) is 12.6. The van der Waals surface area contributed by atoms with Crippen molar-refractivity contribution in [1.82, 2.24) is 5.32 Å². The van der Waals surface area contributed by atoms with E-state index in [1.807, 2.05) is 0 Å². The predicted octanol–water partition coefficient (Wildman–Crippen LogP) is 3.12. The van der Waals surface area contributed by atoms with Gasteiger partial charge in [-0.25, -0.2) is 4.39 Å². The second kappa shape index (κ2) is 7.22. The molecule has 0 radical (unpaired) electrons. The molecule has 5 heteroatoms. The highest BCUT2D eigenvalue weighted by atomic mass is 79.9. The van der Waals surface area contributed by atoms with Crippen LogP contribution in [-0.4, -0.2) is 31.9 Å². The Morgan fingerprint density at radius 1 is 1.42 bits per heavy atom. The summed E-state index contributed by atoms with van der Waals surface area (Å²) in [4.78, 5) is 0. The number of nitrogens with one attached hydrogen (secondary N) is 1. The Morgan fingerprint density at radius 3 is 3.00 bits per heavy atom. The fraction of sp³-hybridized carbons (Fsp3) is 0.571. The normalized spacial score (nSPS) is 22.7. The van der Waals surface area contributed by atoms with Crippen LogP contribution in [0.15, 0.2) is 22.7 Å². The van der Waals surface area contributed by atoms with Gasteiger partial charge in [-0.1, -0.05) is 6.92 Å². The van der Waals surface area contributed by atoms with Gasteiger partial charge in [0.2, 0.25) is 0 Å². The second-order valence-electron chi connectivity index (χ2n) is 4.65. The van der Waals surface area contributed by atoms with E-state index in [1.54, 1.807) is 6.07 Å². The summed E-state index contributed by atoms with van der Waals surface area (Å²) in [6, 6.07) is 4.43. The van der Waals surface area contributed by atoms with Crippen LogP contribution in [0.3, 0.4) is 0 Å². The van der Waals surface area contributed by atoms with Gasteiger partial charge in [0.1, 0.15) is 18.2 Å². The molecule has 2 atom stereocenters. The van der Waals surface area contributed by atoms with Gasteiger partial charge in [-0.05, 0) is 47.4 Å². The molecule has 1 aliphatic rings. The van der Waals surface area contributed by atoms with Crippen molar-refractivity contribution in [3.8, 4) is 5.75 Å². The summed E-state index contributed by atoms with van der Waals surface area (Å²) in [7, 11) is 0. The molecule has 1 aliphatic heterocycles. The van der Waals surface area contributed by atoms with E-state index in [1.165, 1.54) is 12.1 Å². The molecule has 1 saturated heterocycles. The Labute approximate surface area is 121 Å². The van der Waals surface area contributed by atoms with Crippen LogP contribution in [0.1, 0.15) is 19.8 Å². The number of ether oxygens (including phenoxy) is 2. The van der Waals surface area contributed by atoms with Crippen LogP contribution in [0.4, 0.5) is 4.39 Å². The van der Waals surface area contributed by atoms with Crippen LogP contribution in [0.25, 0.3) is 0 Å². The third kappa shape index (κ3) is 4.44. The molecule has 1 N–H and O–H groups in total. The van der Waals surface area contributed by atoms with Crippen LogP contribution < -0.4 is 10.1 Å². The largest absolute Gasteiger partial charge is 0.490 e. The van der Waals surface area contributed by atoms with E-state index in [0.29, 0.717) is 12.4 Å². The molecule has 0 bridgehead atoms. The lowest BCUT2D eigenvalue weighted by Crippen LogP contribution is -2.28. The number of rotatable bonds is 6. The zero-order chi connectivity index (χ0) is 13.7. The average molecular weight is 332 g/mol. The van der Waals surface area contributed by atoms with Gasteiger partial charge in [0.05, 0.1) is 16.7 Å². The van der Waals surface area contributed by atoms with E-state index in [0.717, 1.165) is 30.4 Å². The minimum absolute atomic E-state index is 0.0961. The summed E-state index contributed by atoms with van der Waals surface area (Å²) in [6.07, 6.45) is 2.40. The van der Waals surface area contributed by atoms with Crippen LogP contribution in [0, 0.1) is 5.82 Å². The molecule has 106 valence electrons. The summed E-state index contributed by atoms with van der Waals surface area (Å²) in [5, 5.41) is 3.28. The van der Waals surface area contributed by atoms with Crippen LogP contribution in [0.5, 0.6) is 5.75 Å². The van der Waals surface area contributed by atoms with Crippen LogP contribution in [-0.2, 0) is 4.74 Å². The van der Waals surface area contributed by atoms with Gasteiger partial charge in [0.15, 0.2) is 0 Å². The van der Waals surface area contributed by atoms with Crippen molar-refractivity contribution >= 4 is 15.9 Å². The van der Waals surface area contributed by atoms with E-state index in [9.17, 15) is 4.39 Å². The molecule has 1 aromatic carbocycles. The van der Waals surface area contributed by atoms with Crippen molar-refractivity contribution in [3.05, 3.63) is 28.5 Å². The average Bonchev–Trinajstić information content (AvgIpc) is 2.85. The Balaban J connectivity index is 1.78. The minimum Gasteiger partial charge on any atom is -0.490 e. The summed E-state index contributed by atoms with van der Waals surface area (Å²) >= 11 is 3.34. The van der Waals surface area contributed by atoms with Crippen molar-refractivity contribution in [1.29, 1.82) is 0 Å². The molecule has 2 unspecified atom stereocenters. The Kier molecular flexibility index (Phi) is 5.60. The third-order valence-electron chi connectivity index (χ3n) is 3.14. The number of benzene rings is 1. The van der Waals surface area contributed by atoms with Crippen molar-refractivity contribution in [3.63, 3.8) is 0 Å². The molecule has 19 heavy (non-hydrogen) atoms. The highest BCUT2D eigenvalue weighted by molar-refractivity contribution is 9.10. The number of halogens is 2. The summed E-state index contributed by atoms with van der Waals surface area (Å²) in [5.74, 6) is 0.231. The quantitative estimate of drug-likeness (QED) is 0.868. The minimum atomic E-state index is -0.296. The van der Waals surface area contributed by atoms with E-state index < -0.39 is 0 Å². The highest BCUT2D eigenvalue weighted by Crippen LogP contribution is 2.27. The monoisotopic (exact) mass is 331 g/mol. The molecule has 0 saturated carbocycles. The molecule has 0 spiro atoms. The van der Waals surface area contributed by atoms with Crippen LogP contribution in [0.2, 0.25) is 0 Å². The molecular formula is C14H19BrFNO2. The Morgan fingerprint density at radius 2 is 2.21 bits per heavy atom. The number of hydrogen-bond acceptors (Lipinski definition) is 3. The van der Waals surface area contributed by atoms with Gasteiger partial charge < -0.3 is 14.8 Å². The molecule has 0 aromatic heterocycles. The number of likely N-dealkylation sites (N-methyl/N-ethyl adjacent to an activating group) is 1. The van der Waals surface area contributed by atoms with Gasteiger partial charge in [-0.15, -0.1) is 0 Å². The van der Waals surface area contributed by atoms with E-state index in [4.69, 9.17) is 9.47 Å². The van der Waals surface area contributed by atoms with E-state index in [-0.39, 0.29) is 18.0 Å². The molecular weight excluding hydrogens is 313 g/mol. The van der Waals surface area contributed by atoms with Crippen molar-refractivity contribution in [2.24, 2.45) is 0 Å². The van der Waals surface area contributed by atoms with Gasteiger partial charge in [-0.2, -0.15) is 0 Å². The Bertz CT molecular complexity index is 416. The summed E-state index contributed by atoms with van der Waals surface area (Å²) in [5.41, 5.74) is 0. The first kappa shape index (κ1) is 14.8. The fourth-order valence-electron chi connectivity index (χ4n) is 2.13. The lowest BCUT2D eigenvalue weighted by Gasteiger charge is -2.15. The lowest BCUT2D eigenvalue weighted by atomic mass is 10.2. The maximum atomic E-state index is 13.1. The van der Waals surface area contributed by atoms with Gasteiger partial charge in [-0.3, -0.25) is 0 Å². The summed E-state index contributed by atoms with van der Waals surface area (Å²) < 4.78 is 25.3. The highest BCUT2D eigenvalue weighted by Gasteiger charge is 2.25. The van der Waals surface area contributed by atoms with Crippen molar-refractivity contribution in [2.75, 3.05) is 19.7 Å². The zero-order valence-electron chi connectivity index (χ0n) is 11.0. The molecule has 1 fully saturated rings. The molecule has 0 aliphatic carbocycles. The lowest BCUT2D eigenvalue weighted by molar-refractivity contribution is 0.0186. The first-order valence-corrected chi connectivity index (χ1v) is 7.42. The van der Waals surface area contributed by atoms with E-state index in [2.05, 4.69) is 28.2 Å². The predicted molar refractivity (Wildman–Crippen MR) is 76.0 cm³/mol. The van der Waals surface area contributed by atoms with Gasteiger partial charge in [0, 0.05) is 12.6 Å². The first-order valence-electron chi connectivity index (χ1n) is 6.63. The van der Waals surface area contributed by atoms with Gasteiger partial charge in [0.25, 0.3) is 0 Å². The second-order valence-corrected chi connectivity index (χ2v) is 5.51. The molecule has 1 heterocycles.